The minimum atomic E-state index is -0.794. The summed E-state index contributed by atoms with van der Waals surface area (Å²) >= 11 is 4.90. The number of carboxylic acids is 1. The molecule has 0 radical (unpaired) electrons. The van der Waals surface area contributed by atoms with Gasteiger partial charge in [0.1, 0.15) is 0 Å². The first-order valence-corrected chi connectivity index (χ1v) is 5.69. The molecule has 0 aliphatic heterocycles. The number of halogens is 1. The second-order valence-electron chi connectivity index (χ2n) is 2.53. The van der Waals surface area contributed by atoms with E-state index >= 15 is 0 Å². The highest BCUT2D eigenvalue weighted by Gasteiger charge is 2.06. The van der Waals surface area contributed by atoms with Crippen LogP contribution in [0, 0.1) is 0 Å². The minimum Gasteiger partial charge on any atom is -0.481 e. The van der Waals surface area contributed by atoms with Gasteiger partial charge in [0, 0.05) is 9.37 Å². The topological polar surface area (TPSA) is 37.3 Å². The number of benzene rings is 1. The van der Waals surface area contributed by atoms with Gasteiger partial charge in [-0.3, -0.25) is 4.79 Å². The van der Waals surface area contributed by atoms with Crippen molar-refractivity contribution in [2.24, 2.45) is 0 Å². The lowest BCUT2D eigenvalue weighted by molar-refractivity contribution is -0.136. The average Bonchev–Trinajstić information content (AvgIpc) is 2.07. The smallest absolute Gasteiger partial charge is 0.307 e. The molecule has 0 amide bonds. The largest absolute Gasteiger partial charge is 0.481 e. The Morgan fingerprint density at radius 2 is 2.31 bits per heavy atom. The van der Waals surface area contributed by atoms with Gasteiger partial charge in [0.25, 0.3) is 0 Å². The standard InChI is InChI=1S/C9H9BrO2S/c1-13-8-5-7(10)3-2-6(8)4-9(11)12/h2-3,5H,4H2,1H3,(H,11,12). The van der Waals surface area contributed by atoms with Gasteiger partial charge in [0.2, 0.25) is 0 Å². The second kappa shape index (κ2) is 4.67. The molecule has 0 saturated heterocycles. The van der Waals surface area contributed by atoms with Gasteiger partial charge in [0.05, 0.1) is 6.42 Å². The SMILES string of the molecule is CSc1cc(Br)ccc1CC(=O)O. The van der Waals surface area contributed by atoms with Crippen molar-refractivity contribution < 1.29 is 9.90 Å². The van der Waals surface area contributed by atoms with Crippen LogP contribution in [0.15, 0.2) is 27.6 Å². The maximum atomic E-state index is 10.5. The molecule has 0 atom stereocenters. The van der Waals surface area contributed by atoms with Gasteiger partial charge in [-0.1, -0.05) is 22.0 Å². The molecule has 1 aromatic rings. The Kier molecular flexibility index (Phi) is 3.81. The lowest BCUT2D eigenvalue weighted by atomic mass is 10.1. The molecule has 0 spiro atoms. The summed E-state index contributed by atoms with van der Waals surface area (Å²) in [7, 11) is 0. The van der Waals surface area contributed by atoms with Gasteiger partial charge in [-0.15, -0.1) is 11.8 Å². The van der Waals surface area contributed by atoms with Crippen molar-refractivity contribution in [2.45, 2.75) is 11.3 Å². The Balaban J connectivity index is 2.99. The van der Waals surface area contributed by atoms with E-state index < -0.39 is 5.97 Å². The van der Waals surface area contributed by atoms with Crippen LogP contribution in [0.3, 0.4) is 0 Å². The van der Waals surface area contributed by atoms with Crippen molar-refractivity contribution in [1.82, 2.24) is 0 Å². The lowest BCUT2D eigenvalue weighted by Crippen LogP contribution is -2.01. The van der Waals surface area contributed by atoms with Crippen LogP contribution in [0.5, 0.6) is 0 Å². The Labute approximate surface area is 89.5 Å². The number of carboxylic acid groups (broad SMARTS) is 1. The highest BCUT2D eigenvalue weighted by molar-refractivity contribution is 9.10. The van der Waals surface area contributed by atoms with Gasteiger partial charge in [-0.25, -0.2) is 0 Å². The van der Waals surface area contributed by atoms with Crippen LogP contribution in [0.25, 0.3) is 0 Å². The van der Waals surface area contributed by atoms with E-state index in [1.165, 1.54) is 0 Å². The summed E-state index contributed by atoms with van der Waals surface area (Å²) in [5.74, 6) is -0.794. The molecule has 0 heterocycles. The molecule has 1 rings (SSSR count). The van der Waals surface area contributed by atoms with Crippen LogP contribution in [0.2, 0.25) is 0 Å². The van der Waals surface area contributed by atoms with Crippen LogP contribution in [-0.2, 0) is 11.2 Å². The molecule has 0 unspecified atom stereocenters. The van der Waals surface area contributed by atoms with E-state index in [0.29, 0.717) is 0 Å². The lowest BCUT2D eigenvalue weighted by Gasteiger charge is -2.04. The predicted octanol–water partition coefficient (Wildman–Crippen LogP) is 2.80. The van der Waals surface area contributed by atoms with Crippen LogP contribution < -0.4 is 0 Å². The van der Waals surface area contributed by atoms with E-state index in [1.807, 2.05) is 24.5 Å². The summed E-state index contributed by atoms with van der Waals surface area (Å²) in [6.45, 7) is 0. The van der Waals surface area contributed by atoms with E-state index in [2.05, 4.69) is 15.9 Å². The zero-order valence-electron chi connectivity index (χ0n) is 7.08. The molecule has 0 fully saturated rings. The van der Waals surface area contributed by atoms with E-state index in [0.717, 1.165) is 14.9 Å². The van der Waals surface area contributed by atoms with Gasteiger partial charge < -0.3 is 5.11 Å². The molecule has 1 N–H and O–H groups in total. The number of aliphatic carboxylic acids is 1. The molecular formula is C9H9BrO2S. The zero-order valence-corrected chi connectivity index (χ0v) is 9.48. The molecule has 13 heavy (non-hydrogen) atoms. The van der Waals surface area contributed by atoms with E-state index in [4.69, 9.17) is 5.11 Å². The van der Waals surface area contributed by atoms with Crippen molar-refractivity contribution in [3.05, 3.63) is 28.2 Å². The van der Waals surface area contributed by atoms with E-state index in [9.17, 15) is 4.79 Å². The molecule has 0 aliphatic rings. The first kappa shape index (κ1) is 10.6. The Morgan fingerprint density at radius 1 is 1.62 bits per heavy atom. The molecule has 0 saturated carbocycles. The van der Waals surface area contributed by atoms with Gasteiger partial charge in [0.15, 0.2) is 0 Å². The number of hydrogen-bond donors (Lipinski definition) is 1. The Bertz CT molecular complexity index is 325. The minimum absolute atomic E-state index is 0.0868. The summed E-state index contributed by atoms with van der Waals surface area (Å²) in [6, 6.07) is 5.63. The third-order valence-electron chi connectivity index (χ3n) is 1.59. The number of carbonyl (C=O) groups is 1. The van der Waals surface area contributed by atoms with Crippen molar-refractivity contribution in [3.8, 4) is 0 Å². The highest BCUT2D eigenvalue weighted by atomic mass is 79.9. The molecule has 0 bridgehead atoms. The normalized spacial score (nSPS) is 10.0. The fourth-order valence-electron chi connectivity index (χ4n) is 1.03. The van der Waals surface area contributed by atoms with Crippen LogP contribution in [-0.4, -0.2) is 17.3 Å². The van der Waals surface area contributed by atoms with E-state index in [-0.39, 0.29) is 6.42 Å². The molecule has 70 valence electrons. The van der Waals surface area contributed by atoms with Crippen molar-refractivity contribution in [3.63, 3.8) is 0 Å². The van der Waals surface area contributed by atoms with Gasteiger partial charge in [-0.05, 0) is 24.0 Å². The average molecular weight is 261 g/mol. The summed E-state index contributed by atoms with van der Waals surface area (Å²) in [6.07, 6.45) is 2.02. The second-order valence-corrected chi connectivity index (χ2v) is 4.29. The van der Waals surface area contributed by atoms with Crippen molar-refractivity contribution >= 4 is 33.7 Å². The van der Waals surface area contributed by atoms with Gasteiger partial charge >= 0.3 is 5.97 Å². The molecular weight excluding hydrogens is 252 g/mol. The number of hydrogen-bond acceptors (Lipinski definition) is 2. The van der Waals surface area contributed by atoms with Gasteiger partial charge in [-0.2, -0.15) is 0 Å². The molecule has 2 nitrogen and oxygen atoms in total. The van der Waals surface area contributed by atoms with Crippen LogP contribution in [0.1, 0.15) is 5.56 Å². The predicted molar refractivity (Wildman–Crippen MR) is 57.3 cm³/mol. The first-order valence-electron chi connectivity index (χ1n) is 3.67. The third-order valence-corrected chi connectivity index (χ3v) is 2.90. The molecule has 0 aliphatic carbocycles. The fourth-order valence-corrected chi connectivity index (χ4v) is 2.19. The molecule has 4 heteroatoms. The monoisotopic (exact) mass is 260 g/mol. The summed E-state index contributed by atoms with van der Waals surface area (Å²) < 4.78 is 0.978. The molecule has 0 aromatic heterocycles. The maximum absolute atomic E-state index is 10.5. The molecule has 1 aromatic carbocycles. The quantitative estimate of drug-likeness (QED) is 0.850. The maximum Gasteiger partial charge on any atom is 0.307 e. The highest BCUT2D eigenvalue weighted by Crippen LogP contribution is 2.24. The summed E-state index contributed by atoms with van der Waals surface area (Å²) in [4.78, 5) is 11.5. The zero-order chi connectivity index (χ0) is 9.84. The Hall–Kier alpha value is -0.480. The number of thioether (sulfide) groups is 1. The summed E-state index contributed by atoms with van der Waals surface area (Å²) in [5, 5.41) is 8.64. The Morgan fingerprint density at radius 3 is 2.85 bits per heavy atom. The summed E-state index contributed by atoms with van der Waals surface area (Å²) in [5.41, 5.74) is 0.864. The van der Waals surface area contributed by atoms with Crippen molar-refractivity contribution in [1.29, 1.82) is 0 Å². The van der Waals surface area contributed by atoms with Crippen LogP contribution in [0.4, 0.5) is 0 Å². The fraction of sp³-hybridized carbons (Fsp3) is 0.222. The first-order chi connectivity index (χ1) is 6.13. The van der Waals surface area contributed by atoms with Crippen LogP contribution >= 0.6 is 27.7 Å². The third kappa shape index (κ3) is 3.04. The van der Waals surface area contributed by atoms with E-state index in [1.54, 1.807) is 11.8 Å². The van der Waals surface area contributed by atoms with Crippen molar-refractivity contribution in [2.75, 3.05) is 6.26 Å². The number of rotatable bonds is 3.